The Balaban J connectivity index is 1.76. The van der Waals surface area contributed by atoms with E-state index in [2.05, 4.69) is 38.9 Å². The van der Waals surface area contributed by atoms with E-state index in [1.807, 2.05) is 24.1 Å². The van der Waals surface area contributed by atoms with Crippen molar-refractivity contribution in [2.45, 2.75) is 38.9 Å². The lowest BCUT2D eigenvalue weighted by molar-refractivity contribution is 0.239. The average molecular weight is 259 g/mol. The Morgan fingerprint density at radius 2 is 2.32 bits per heavy atom. The van der Waals surface area contributed by atoms with Gasteiger partial charge in [-0.05, 0) is 26.3 Å². The van der Waals surface area contributed by atoms with E-state index in [1.165, 1.54) is 24.2 Å². The Bertz CT molecular complexity index is 542. The van der Waals surface area contributed by atoms with Crippen LogP contribution in [0.5, 0.6) is 0 Å². The molecule has 0 aromatic carbocycles. The van der Waals surface area contributed by atoms with Crippen LogP contribution in [0.2, 0.25) is 0 Å². The summed E-state index contributed by atoms with van der Waals surface area (Å²) in [6.07, 6.45) is 10.6. The maximum absolute atomic E-state index is 4.48. The third-order valence-electron chi connectivity index (χ3n) is 3.96. The van der Waals surface area contributed by atoms with Crippen molar-refractivity contribution in [2.24, 2.45) is 7.05 Å². The maximum Gasteiger partial charge on any atom is 0.122 e. The van der Waals surface area contributed by atoms with Crippen LogP contribution in [0.15, 0.2) is 24.8 Å². The van der Waals surface area contributed by atoms with Gasteiger partial charge in [0.1, 0.15) is 5.82 Å². The molecule has 5 nitrogen and oxygen atoms in total. The number of aryl methyl sites for hydroxylation is 2. The number of hydrogen-bond acceptors (Lipinski definition) is 3. The van der Waals surface area contributed by atoms with Gasteiger partial charge < -0.3 is 4.57 Å². The summed E-state index contributed by atoms with van der Waals surface area (Å²) in [6, 6.07) is 0.496. The standard InChI is InChI=1S/C14H21N5/c1-3-18-8-6-15-14(18)11-19-7-4-5-13(19)12-9-16-17(2)10-12/h6,8-10,13H,3-5,7,11H2,1-2H3/t13-/m0/s1. The van der Waals surface area contributed by atoms with Crippen LogP contribution in [-0.4, -0.2) is 30.8 Å². The van der Waals surface area contributed by atoms with Gasteiger partial charge >= 0.3 is 0 Å². The molecule has 0 radical (unpaired) electrons. The van der Waals surface area contributed by atoms with Crippen LogP contribution in [0.4, 0.5) is 0 Å². The van der Waals surface area contributed by atoms with Crippen molar-refractivity contribution in [3.8, 4) is 0 Å². The number of rotatable bonds is 4. The molecule has 0 saturated carbocycles. The number of imidazole rings is 1. The van der Waals surface area contributed by atoms with Crippen molar-refractivity contribution in [3.05, 3.63) is 36.2 Å². The van der Waals surface area contributed by atoms with Crippen LogP contribution in [0.1, 0.15) is 37.2 Å². The van der Waals surface area contributed by atoms with E-state index in [-0.39, 0.29) is 0 Å². The van der Waals surface area contributed by atoms with Gasteiger partial charge in [-0.2, -0.15) is 5.10 Å². The first kappa shape index (κ1) is 12.4. The molecule has 1 saturated heterocycles. The fourth-order valence-corrected chi connectivity index (χ4v) is 2.97. The summed E-state index contributed by atoms with van der Waals surface area (Å²) in [6.45, 7) is 5.23. The van der Waals surface area contributed by atoms with Crippen LogP contribution in [0.3, 0.4) is 0 Å². The van der Waals surface area contributed by atoms with Crippen molar-refractivity contribution in [3.63, 3.8) is 0 Å². The molecule has 1 fully saturated rings. The molecule has 19 heavy (non-hydrogen) atoms. The molecular formula is C14H21N5. The van der Waals surface area contributed by atoms with E-state index in [0.717, 1.165) is 19.6 Å². The molecule has 0 aliphatic carbocycles. The van der Waals surface area contributed by atoms with Crippen LogP contribution in [-0.2, 0) is 20.1 Å². The predicted octanol–water partition coefficient (Wildman–Crippen LogP) is 1.97. The zero-order chi connectivity index (χ0) is 13.2. The second-order valence-electron chi connectivity index (χ2n) is 5.21. The summed E-state index contributed by atoms with van der Waals surface area (Å²) in [5.41, 5.74) is 1.33. The molecule has 3 rings (SSSR count). The van der Waals surface area contributed by atoms with E-state index in [1.54, 1.807) is 0 Å². The molecule has 0 spiro atoms. The van der Waals surface area contributed by atoms with Gasteiger partial charge in [-0.15, -0.1) is 0 Å². The average Bonchev–Trinajstić information content (AvgIpc) is 3.10. The summed E-state index contributed by atoms with van der Waals surface area (Å²) in [7, 11) is 1.98. The zero-order valence-corrected chi connectivity index (χ0v) is 11.7. The molecule has 1 aliphatic heterocycles. The lowest BCUT2D eigenvalue weighted by Crippen LogP contribution is -2.24. The summed E-state index contributed by atoms with van der Waals surface area (Å²) in [5, 5.41) is 4.30. The van der Waals surface area contributed by atoms with Gasteiger partial charge in [0.05, 0.1) is 12.7 Å². The first-order chi connectivity index (χ1) is 9.28. The summed E-state index contributed by atoms with van der Waals surface area (Å²) in [4.78, 5) is 7.00. The lowest BCUT2D eigenvalue weighted by atomic mass is 10.1. The van der Waals surface area contributed by atoms with Gasteiger partial charge in [0.2, 0.25) is 0 Å². The fourth-order valence-electron chi connectivity index (χ4n) is 2.97. The van der Waals surface area contributed by atoms with E-state index >= 15 is 0 Å². The van der Waals surface area contributed by atoms with Crippen molar-refractivity contribution >= 4 is 0 Å². The van der Waals surface area contributed by atoms with E-state index < -0.39 is 0 Å². The molecule has 1 aliphatic rings. The third kappa shape index (κ3) is 2.42. The highest BCUT2D eigenvalue weighted by molar-refractivity contribution is 5.12. The van der Waals surface area contributed by atoms with Gasteiger partial charge in [-0.1, -0.05) is 0 Å². The van der Waals surface area contributed by atoms with Crippen LogP contribution >= 0.6 is 0 Å². The van der Waals surface area contributed by atoms with Gasteiger partial charge in [0, 0.05) is 43.8 Å². The van der Waals surface area contributed by atoms with Gasteiger partial charge in [-0.3, -0.25) is 9.58 Å². The molecule has 5 heteroatoms. The van der Waals surface area contributed by atoms with Gasteiger partial charge in [0.15, 0.2) is 0 Å². The quantitative estimate of drug-likeness (QED) is 0.842. The fraction of sp³-hybridized carbons (Fsp3) is 0.571. The van der Waals surface area contributed by atoms with Crippen molar-refractivity contribution in [2.75, 3.05) is 6.54 Å². The maximum atomic E-state index is 4.48. The number of nitrogens with zero attached hydrogens (tertiary/aromatic N) is 5. The lowest BCUT2D eigenvalue weighted by Gasteiger charge is -2.23. The number of aromatic nitrogens is 4. The van der Waals surface area contributed by atoms with Crippen molar-refractivity contribution in [1.82, 2.24) is 24.2 Å². The normalized spacial score (nSPS) is 20.2. The zero-order valence-electron chi connectivity index (χ0n) is 11.7. The molecule has 0 unspecified atom stereocenters. The predicted molar refractivity (Wildman–Crippen MR) is 73.5 cm³/mol. The van der Waals surface area contributed by atoms with Crippen LogP contribution in [0.25, 0.3) is 0 Å². The Hall–Kier alpha value is -1.62. The highest BCUT2D eigenvalue weighted by Crippen LogP contribution is 2.32. The van der Waals surface area contributed by atoms with Crippen molar-refractivity contribution in [1.29, 1.82) is 0 Å². The van der Waals surface area contributed by atoms with E-state index in [0.29, 0.717) is 6.04 Å². The minimum Gasteiger partial charge on any atom is -0.334 e. The third-order valence-corrected chi connectivity index (χ3v) is 3.96. The monoisotopic (exact) mass is 259 g/mol. The molecule has 0 N–H and O–H groups in total. The van der Waals surface area contributed by atoms with Gasteiger partial charge in [-0.25, -0.2) is 4.98 Å². The number of likely N-dealkylation sites (tertiary alicyclic amines) is 1. The molecule has 0 bridgehead atoms. The van der Waals surface area contributed by atoms with Crippen molar-refractivity contribution < 1.29 is 0 Å². The molecule has 102 valence electrons. The van der Waals surface area contributed by atoms with E-state index in [9.17, 15) is 0 Å². The Morgan fingerprint density at radius 1 is 1.42 bits per heavy atom. The van der Waals surface area contributed by atoms with Gasteiger partial charge in [0.25, 0.3) is 0 Å². The minimum atomic E-state index is 0.496. The minimum absolute atomic E-state index is 0.496. The molecule has 0 amide bonds. The SMILES string of the molecule is CCn1ccnc1CN1CCC[C@H]1c1cnn(C)c1. The molecule has 1 atom stereocenters. The van der Waals surface area contributed by atoms with Crippen LogP contribution in [0, 0.1) is 0 Å². The Labute approximate surface area is 113 Å². The summed E-state index contributed by atoms with van der Waals surface area (Å²) >= 11 is 0. The van der Waals surface area contributed by atoms with Crippen LogP contribution < -0.4 is 0 Å². The highest BCUT2D eigenvalue weighted by Gasteiger charge is 2.27. The molecule has 2 aromatic rings. The second-order valence-corrected chi connectivity index (χ2v) is 5.21. The highest BCUT2D eigenvalue weighted by atomic mass is 15.3. The topological polar surface area (TPSA) is 38.9 Å². The van der Waals surface area contributed by atoms with E-state index in [4.69, 9.17) is 0 Å². The smallest absolute Gasteiger partial charge is 0.122 e. The first-order valence-electron chi connectivity index (χ1n) is 7.00. The number of hydrogen-bond donors (Lipinski definition) is 0. The molecular weight excluding hydrogens is 238 g/mol. The molecule has 2 aromatic heterocycles. The Morgan fingerprint density at radius 3 is 3.05 bits per heavy atom. The first-order valence-corrected chi connectivity index (χ1v) is 7.00. The largest absolute Gasteiger partial charge is 0.334 e. The second kappa shape index (κ2) is 5.17. The summed E-state index contributed by atoms with van der Waals surface area (Å²) < 4.78 is 4.11. The Kier molecular flexibility index (Phi) is 3.38. The molecule has 3 heterocycles. The summed E-state index contributed by atoms with van der Waals surface area (Å²) in [5.74, 6) is 1.17.